The maximum atomic E-state index is 12.6. The Morgan fingerprint density at radius 3 is 2.46 bits per heavy atom. The van der Waals surface area contributed by atoms with Crippen molar-refractivity contribution in [3.63, 3.8) is 0 Å². The predicted octanol–water partition coefficient (Wildman–Crippen LogP) is 9.51. The van der Waals surface area contributed by atoms with Crippen LogP contribution in [0.5, 0.6) is 0 Å². The Morgan fingerprint density at radius 2 is 1.73 bits per heavy atom. The molecule has 17 atom stereocenters. The maximum Gasteiger partial charge on any atom is 0.303 e. The second-order valence-electron chi connectivity index (χ2n) is 23.1. The molecule has 0 aliphatic heterocycles. The monoisotopic (exact) mass is 864 g/mol. The number of carboxylic acids is 1. The average molecular weight is 864 g/mol. The summed E-state index contributed by atoms with van der Waals surface area (Å²) >= 11 is 0. The number of allylic oxidation sites excluding steroid dienone is 4. The van der Waals surface area contributed by atoms with E-state index >= 15 is 0 Å². The van der Waals surface area contributed by atoms with Crippen LogP contribution in [0.2, 0.25) is 0 Å². The van der Waals surface area contributed by atoms with Gasteiger partial charge in [-0.25, -0.2) is 0 Å². The summed E-state index contributed by atoms with van der Waals surface area (Å²) in [4.78, 5) is 26.3. The molecule has 344 valence electrons. The van der Waals surface area contributed by atoms with Gasteiger partial charge in [-0.1, -0.05) is 58.2 Å². The quantitative estimate of drug-likeness (QED) is 0.172. The van der Waals surface area contributed by atoms with Crippen LogP contribution in [0, 0.1) is 81.3 Å². The molecule has 63 heavy (non-hydrogen) atoms. The molecule has 1 aromatic rings. The fraction of sp³-hybridized carbons (Fsp3) is 0.745. The van der Waals surface area contributed by atoms with E-state index < -0.39 is 17.7 Å². The van der Waals surface area contributed by atoms with Crippen LogP contribution in [-0.4, -0.2) is 76.3 Å². The maximum absolute atomic E-state index is 12.6. The molecule has 8 aliphatic rings. The molecule has 0 spiro atoms. The number of carboxylic acid groups (broad SMARTS) is 1. The minimum atomic E-state index is -1.03. The number of likely N-dealkylation sites (N-methyl/N-ethyl adjacent to an activating group) is 1. The number of carbonyl (C=O) groups is 2. The van der Waals surface area contributed by atoms with E-state index in [1.165, 1.54) is 22.3 Å². The van der Waals surface area contributed by atoms with Crippen molar-refractivity contribution >= 4 is 17.4 Å². The Morgan fingerprint density at radius 1 is 0.968 bits per heavy atom. The summed E-state index contributed by atoms with van der Waals surface area (Å²) in [5, 5.41) is 45.7. The van der Waals surface area contributed by atoms with E-state index in [2.05, 4.69) is 82.7 Å². The summed E-state index contributed by atoms with van der Waals surface area (Å²) in [6.45, 7) is 14.6. The summed E-state index contributed by atoms with van der Waals surface area (Å²) in [6.07, 6.45) is 13.8. The third-order valence-corrected chi connectivity index (χ3v) is 20.5. The first-order chi connectivity index (χ1) is 29.9. The molecule has 0 radical (unpaired) electrons. The molecule has 9 rings (SSSR count). The minimum Gasteiger partial charge on any atom is -0.481 e. The van der Waals surface area contributed by atoms with Crippen LogP contribution in [0.3, 0.4) is 0 Å². The second kappa shape index (κ2) is 16.7. The molecular formula is C55H77NO7. The number of ketones is 1. The lowest BCUT2D eigenvalue weighted by Gasteiger charge is -2.63. The number of fused-ring (bicyclic) bond motifs is 9. The first kappa shape index (κ1) is 45.2. The van der Waals surface area contributed by atoms with E-state index in [1.807, 2.05) is 13.0 Å². The molecule has 6 saturated carbocycles. The highest BCUT2D eigenvalue weighted by atomic mass is 16.5. The summed E-state index contributed by atoms with van der Waals surface area (Å²) in [5.74, 6) is 8.58. The SMILES string of the molecule is CC#C[C@]1(O)[C@H](C)CC2C3CCC4=CC(=O)CCC4=C3[C@@H](c3ccc(N(C)CCO[C@H]4CC[C@@]5(C)[C@@H](C4)C[C@@H](O)[C@@H]4[C@@H]5C[C@H](O)[C@]5(C)C([C@H](C)CCC(=O)O)CC[C@@H]45)cc3)C[C@@]21C. The lowest BCUT2D eigenvalue weighted by Crippen LogP contribution is -2.62. The molecule has 4 N–H and O–H groups in total. The molecule has 0 heterocycles. The molecule has 0 bridgehead atoms. The van der Waals surface area contributed by atoms with Gasteiger partial charge < -0.3 is 30.1 Å². The number of aliphatic hydroxyl groups is 3. The molecule has 8 aliphatic carbocycles. The van der Waals surface area contributed by atoms with Crippen molar-refractivity contribution in [3.05, 3.63) is 52.6 Å². The van der Waals surface area contributed by atoms with Gasteiger partial charge >= 0.3 is 5.97 Å². The predicted molar refractivity (Wildman–Crippen MR) is 247 cm³/mol. The summed E-state index contributed by atoms with van der Waals surface area (Å²) in [5.41, 5.74) is 5.08. The average Bonchev–Trinajstić information content (AvgIpc) is 3.71. The van der Waals surface area contributed by atoms with E-state index in [9.17, 15) is 30.0 Å². The number of aliphatic carboxylic acids is 1. The van der Waals surface area contributed by atoms with Crippen LogP contribution in [0.25, 0.3) is 0 Å². The largest absolute Gasteiger partial charge is 0.481 e. The minimum absolute atomic E-state index is 0.0626. The van der Waals surface area contributed by atoms with Crippen LogP contribution in [0.4, 0.5) is 5.69 Å². The van der Waals surface area contributed by atoms with Crippen molar-refractivity contribution in [3.8, 4) is 11.8 Å². The van der Waals surface area contributed by atoms with Crippen molar-refractivity contribution in [2.45, 2.75) is 168 Å². The number of ether oxygens (including phenoxy) is 1. The molecule has 0 saturated heterocycles. The van der Waals surface area contributed by atoms with E-state index in [0.29, 0.717) is 37.2 Å². The van der Waals surface area contributed by atoms with Gasteiger partial charge in [0, 0.05) is 43.5 Å². The van der Waals surface area contributed by atoms with E-state index in [4.69, 9.17) is 4.74 Å². The third-order valence-electron chi connectivity index (χ3n) is 20.5. The first-order valence-electron chi connectivity index (χ1n) is 25.1. The lowest BCUT2D eigenvalue weighted by atomic mass is 9.43. The van der Waals surface area contributed by atoms with Crippen molar-refractivity contribution in [2.24, 2.45) is 69.5 Å². The van der Waals surface area contributed by atoms with Crippen molar-refractivity contribution in [2.75, 3.05) is 25.1 Å². The van der Waals surface area contributed by atoms with Gasteiger partial charge in [-0.05, 0) is 189 Å². The second-order valence-corrected chi connectivity index (χ2v) is 23.1. The number of anilines is 1. The van der Waals surface area contributed by atoms with Gasteiger partial charge in [0.2, 0.25) is 0 Å². The van der Waals surface area contributed by atoms with Crippen LogP contribution >= 0.6 is 0 Å². The first-order valence-corrected chi connectivity index (χ1v) is 25.1. The van der Waals surface area contributed by atoms with Gasteiger partial charge in [0.25, 0.3) is 0 Å². The molecule has 8 heteroatoms. The number of nitrogens with zero attached hydrogens (tertiary/aromatic N) is 1. The number of carbonyl (C=O) groups excluding carboxylic acids is 1. The van der Waals surface area contributed by atoms with E-state index in [-0.39, 0.29) is 82.1 Å². The van der Waals surface area contributed by atoms with Gasteiger partial charge in [-0.3, -0.25) is 9.59 Å². The van der Waals surface area contributed by atoms with Gasteiger partial charge in [-0.2, -0.15) is 0 Å². The number of hydrogen-bond acceptors (Lipinski definition) is 7. The van der Waals surface area contributed by atoms with Crippen LogP contribution in [0.1, 0.15) is 149 Å². The molecule has 0 aromatic heterocycles. The number of benzene rings is 1. The molecule has 0 amide bonds. The normalized spacial score (nSPS) is 44.4. The van der Waals surface area contributed by atoms with Crippen LogP contribution < -0.4 is 4.90 Å². The van der Waals surface area contributed by atoms with Crippen LogP contribution in [0.15, 0.2) is 47.1 Å². The summed E-state index contributed by atoms with van der Waals surface area (Å²) in [7, 11) is 2.14. The molecule has 3 unspecified atom stereocenters. The number of rotatable bonds is 10. The van der Waals surface area contributed by atoms with Crippen molar-refractivity contribution in [1.29, 1.82) is 0 Å². The smallest absolute Gasteiger partial charge is 0.303 e. The third kappa shape index (κ3) is 7.23. The van der Waals surface area contributed by atoms with Crippen molar-refractivity contribution in [1.82, 2.24) is 0 Å². The Balaban J connectivity index is 0.848. The molecular weight excluding hydrogens is 787 g/mol. The molecule has 8 nitrogen and oxygen atoms in total. The Bertz CT molecular complexity index is 2060. The van der Waals surface area contributed by atoms with Gasteiger partial charge in [0.1, 0.15) is 5.60 Å². The Hall–Kier alpha value is -2.96. The Labute approximate surface area is 377 Å². The Kier molecular flexibility index (Phi) is 12.0. The topological polar surface area (TPSA) is 128 Å². The van der Waals surface area contributed by atoms with E-state index in [1.54, 1.807) is 0 Å². The lowest BCUT2D eigenvalue weighted by molar-refractivity contribution is -0.209. The summed E-state index contributed by atoms with van der Waals surface area (Å²) < 4.78 is 6.68. The highest BCUT2D eigenvalue weighted by Crippen LogP contribution is 2.70. The van der Waals surface area contributed by atoms with Gasteiger partial charge in [-0.15, -0.1) is 5.92 Å². The summed E-state index contributed by atoms with van der Waals surface area (Å²) in [6, 6.07) is 9.12. The van der Waals surface area contributed by atoms with Crippen LogP contribution in [-0.2, 0) is 14.3 Å². The van der Waals surface area contributed by atoms with Gasteiger partial charge in [0.15, 0.2) is 5.78 Å². The highest BCUT2D eigenvalue weighted by molar-refractivity contribution is 5.93. The van der Waals surface area contributed by atoms with Gasteiger partial charge in [0.05, 0.1) is 24.9 Å². The zero-order valence-electron chi connectivity index (χ0n) is 39.4. The molecule has 1 aromatic carbocycles. The fourth-order valence-corrected chi connectivity index (χ4v) is 17.0. The fourth-order valence-electron chi connectivity index (χ4n) is 17.0. The number of hydrogen-bond donors (Lipinski definition) is 4. The zero-order valence-corrected chi connectivity index (χ0v) is 39.4. The molecule has 6 fully saturated rings. The number of aliphatic hydroxyl groups excluding tert-OH is 2. The highest BCUT2D eigenvalue weighted by Gasteiger charge is 2.67. The van der Waals surface area contributed by atoms with Crippen molar-refractivity contribution < 1.29 is 34.8 Å². The zero-order chi connectivity index (χ0) is 44.8. The standard InChI is InChI=1S/C55H77NO7/c1-8-22-55(62)33(3)26-45-41-16-12-35-27-38(57)15-17-40(35)50(41)42(31-53(45,55)5)34-10-13-37(14-11-34)56(7)24-25-63-39-21-23-52(4)36(28-39)29-47(58)51-44-19-18-43(32(2)9-20-49(60)61)54(44,6)48(59)30-46(51)52/h10-11,13-14,27,32-33,36,39,41-48,51,58-59,62H,9,12,15-21,23-26,28-31H2,1-7H3,(H,60,61)/t32-,33-,36+,39+,41?,42-,43?,44+,45?,46+,47-,48+,51+,52+,53+,54-,55+/m1/s1. The van der Waals surface area contributed by atoms with E-state index in [0.717, 1.165) is 89.3 Å².